The van der Waals surface area contributed by atoms with E-state index in [0.717, 1.165) is 0 Å². The number of halogens is 3. The lowest BCUT2D eigenvalue weighted by atomic mass is 10.3. The normalized spacial score (nSPS) is 12.9. The molecule has 1 unspecified atom stereocenters. The Morgan fingerprint density at radius 2 is 1.97 bits per heavy atom. The van der Waals surface area contributed by atoms with Gasteiger partial charge in [0.05, 0.1) is 22.9 Å². The van der Waals surface area contributed by atoms with Gasteiger partial charge in [0.2, 0.25) is 0 Å². The summed E-state index contributed by atoms with van der Waals surface area (Å²) in [6.07, 6.45) is -4.09. The third-order valence-corrected chi connectivity index (χ3v) is 6.39. The van der Waals surface area contributed by atoms with Crippen molar-refractivity contribution < 1.29 is 31.1 Å². The molecule has 11 nitrogen and oxygen atoms in total. The maximum absolute atomic E-state index is 12.7. The van der Waals surface area contributed by atoms with E-state index in [1.807, 2.05) is 0 Å². The molecule has 0 saturated heterocycles. The molecule has 0 radical (unpaired) electrons. The molecular weight excluding hydrogens is 491 g/mol. The maximum atomic E-state index is 12.7. The van der Waals surface area contributed by atoms with Crippen LogP contribution in [0.1, 0.15) is 17.1 Å². The Hall–Kier alpha value is -3.59. The Labute approximate surface area is 198 Å². The number of ether oxygens (including phenoxy) is 1. The van der Waals surface area contributed by atoms with Crippen LogP contribution in [-0.2, 0) is 32.3 Å². The fraction of sp³-hybridized carbons (Fsp3) is 0.350. The molecule has 0 fully saturated rings. The van der Waals surface area contributed by atoms with Crippen LogP contribution in [0, 0.1) is 6.92 Å². The summed E-state index contributed by atoms with van der Waals surface area (Å²) in [5.41, 5.74) is 6.59. The Kier molecular flexibility index (Phi) is 8.01. The molecule has 35 heavy (non-hydrogen) atoms. The summed E-state index contributed by atoms with van der Waals surface area (Å²) >= 11 is 0. The van der Waals surface area contributed by atoms with Crippen molar-refractivity contribution in [3.05, 3.63) is 59.8 Å². The first kappa shape index (κ1) is 26.0. The molecule has 15 heteroatoms. The minimum atomic E-state index is -5.23. The number of alkyl halides is 3. The molecule has 0 amide bonds. The summed E-state index contributed by atoms with van der Waals surface area (Å²) in [7, 11) is -3.70. The number of hydrogen-bond donors (Lipinski definition) is 2. The molecule has 1 aromatic carbocycles. The molecule has 0 bridgehead atoms. The van der Waals surface area contributed by atoms with Gasteiger partial charge in [0, 0.05) is 30.9 Å². The van der Waals surface area contributed by atoms with E-state index >= 15 is 0 Å². The van der Waals surface area contributed by atoms with Crippen molar-refractivity contribution in [3.8, 4) is 0 Å². The largest absolute Gasteiger partial charge is 0.490 e. The molecule has 0 aliphatic carbocycles. The number of carbonyl (C=O) groups is 1. The summed E-state index contributed by atoms with van der Waals surface area (Å²) < 4.78 is 68.9. The van der Waals surface area contributed by atoms with Crippen LogP contribution in [0.4, 0.5) is 19.0 Å². The highest BCUT2D eigenvalue weighted by Gasteiger charge is 2.42. The Morgan fingerprint density at radius 3 is 2.63 bits per heavy atom. The first-order valence-electron chi connectivity index (χ1n) is 10.2. The fourth-order valence-electron chi connectivity index (χ4n) is 2.96. The van der Waals surface area contributed by atoms with Gasteiger partial charge >= 0.3 is 12.1 Å². The van der Waals surface area contributed by atoms with Gasteiger partial charge < -0.3 is 10.5 Å². The number of nitrogens with one attached hydrogen (secondary N) is 1. The van der Waals surface area contributed by atoms with Crippen LogP contribution in [-0.4, -0.2) is 64.1 Å². The number of esters is 1. The number of nitrogen functional groups attached to an aromatic ring is 1. The van der Waals surface area contributed by atoms with Gasteiger partial charge in [-0.05, 0) is 19.1 Å². The van der Waals surface area contributed by atoms with Crippen LogP contribution in [0.25, 0.3) is 0 Å². The van der Waals surface area contributed by atoms with Gasteiger partial charge in [-0.3, -0.25) is 5.32 Å². The molecule has 3 rings (SSSR count). The minimum absolute atomic E-state index is 0.0629. The monoisotopic (exact) mass is 513 g/mol. The summed E-state index contributed by atoms with van der Waals surface area (Å²) in [6, 6.07) is 7.56. The second kappa shape index (κ2) is 10.8. The topological polar surface area (TPSA) is 155 Å². The van der Waals surface area contributed by atoms with Gasteiger partial charge in [0.15, 0.2) is 16.1 Å². The summed E-state index contributed by atoms with van der Waals surface area (Å²) in [6.45, 7) is 1.54. The zero-order valence-electron chi connectivity index (χ0n) is 18.4. The number of carbonyl (C=O) groups excluding carboxylic acids is 1. The number of aromatic nitrogens is 5. The maximum Gasteiger partial charge on any atom is 0.490 e. The van der Waals surface area contributed by atoms with Crippen LogP contribution >= 0.6 is 0 Å². The van der Waals surface area contributed by atoms with E-state index < -0.39 is 34.0 Å². The zero-order chi connectivity index (χ0) is 25.6. The van der Waals surface area contributed by atoms with Gasteiger partial charge in [0.1, 0.15) is 11.6 Å². The number of benzene rings is 1. The fourth-order valence-corrected chi connectivity index (χ4v) is 4.15. The van der Waals surface area contributed by atoms with Crippen LogP contribution in [0.15, 0.2) is 47.6 Å². The van der Waals surface area contributed by atoms with Crippen molar-refractivity contribution in [2.45, 2.75) is 37.2 Å². The quantitative estimate of drug-likeness (QED) is 0.297. The SMILES string of the molecule is Cc1ncc(Cn2cc(CC(NCCS(=O)(=O)c3ccccc3)OC(=O)C(F)(F)F)nn2)c(N)n1. The van der Waals surface area contributed by atoms with Crippen molar-refractivity contribution in [2.75, 3.05) is 18.0 Å². The van der Waals surface area contributed by atoms with Crippen LogP contribution in [0.5, 0.6) is 0 Å². The molecule has 2 heterocycles. The van der Waals surface area contributed by atoms with Gasteiger partial charge in [-0.1, -0.05) is 23.4 Å². The van der Waals surface area contributed by atoms with E-state index in [-0.39, 0.29) is 35.9 Å². The van der Waals surface area contributed by atoms with Crippen LogP contribution in [0.3, 0.4) is 0 Å². The van der Waals surface area contributed by atoms with Gasteiger partial charge in [-0.2, -0.15) is 13.2 Å². The Morgan fingerprint density at radius 1 is 1.26 bits per heavy atom. The van der Waals surface area contributed by atoms with Crippen LogP contribution < -0.4 is 11.1 Å². The number of nitrogens with zero attached hydrogens (tertiary/aromatic N) is 5. The molecule has 1 atom stereocenters. The predicted octanol–water partition coefficient (Wildman–Crippen LogP) is 1.04. The van der Waals surface area contributed by atoms with E-state index in [9.17, 15) is 26.4 Å². The number of hydrogen-bond acceptors (Lipinski definition) is 10. The average molecular weight is 514 g/mol. The van der Waals surface area contributed by atoms with E-state index in [1.54, 1.807) is 25.1 Å². The van der Waals surface area contributed by atoms with Crippen molar-refractivity contribution in [1.82, 2.24) is 30.3 Å². The van der Waals surface area contributed by atoms with E-state index in [4.69, 9.17) is 5.73 Å². The first-order chi connectivity index (χ1) is 16.4. The number of rotatable bonds is 10. The van der Waals surface area contributed by atoms with E-state index in [0.29, 0.717) is 11.4 Å². The lowest BCUT2D eigenvalue weighted by molar-refractivity contribution is -0.206. The Bertz CT molecular complexity index is 1270. The lowest BCUT2D eigenvalue weighted by Gasteiger charge is -2.19. The second-order valence-corrected chi connectivity index (χ2v) is 9.53. The highest BCUT2D eigenvalue weighted by atomic mass is 32.2. The molecular formula is C20H22F3N7O4S. The van der Waals surface area contributed by atoms with Crippen molar-refractivity contribution in [2.24, 2.45) is 0 Å². The third kappa shape index (κ3) is 7.45. The van der Waals surface area contributed by atoms with Crippen molar-refractivity contribution in [1.29, 1.82) is 0 Å². The summed E-state index contributed by atoms with van der Waals surface area (Å²) in [5.74, 6) is -2.12. The highest BCUT2D eigenvalue weighted by Crippen LogP contribution is 2.18. The molecule has 0 aliphatic heterocycles. The predicted molar refractivity (Wildman–Crippen MR) is 116 cm³/mol. The zero-order valence-corrected chi connectivity index (χ0v) is 19.3. The number of aryl methyl sites for hydroxylation is 1. The highest BCUT2D eigenvalue weighted by molar-refractivity contribution is 7.91. The van der Waals surface area contributed by atoms with Crippen molar-refractivity contribution in [3.63, 3.8) is 0 Å². The molecule has 0 saturated carbocycles. The lowest BCUT2D eigenvalue weighted by Crippen LogP contribution is -2.41. The first-order valence-corrected chi connectivity index (χ1v) is 11.9. The molecule has 188 valence electrons. The molecule has 0 aliphatic rings. The number of nitrogens with two attached hydrogens (primary N) is 1. The third-order valence-electron chi connectivity index (χ3n) is 4.66. The minimum Gasteiger partial charge on any atom is -0.439 e. The van der Waals surface area contributed by atoms with Crippen LogP contribution in [0.2, 0.25) is 0 Å². The molecule has 3 aromatic rings. The van der Waals surface area contributed by atoms with E-state index in [2.05, 4.69) is 30.3 Å². The summed E-state index contributed by atoms with van der Waals surface area (Å²) in [5, 5.41) is 10.3. The second-order valence-electron chi connectivity index (χ2n) is 7.42. The standard InChI is InChI=1S/C20H22F3N7O4S/c1-13-26-10-14(18(24)27-13)11-30-12-15(28-29-30)9-17(34-19(31)20(21,22)23)25-7-8-35(32,33)16-5-3-2-4-6-16/h2-6,10,12,17,25H,7-9,11H2,1H3,(H2,24,26,27). The average Bonchev–Trinajstić information content (AvgIpc) is 3.22. The molecule has 3 N–H and O–H groups in total. The van der Waals surface area contributed by atoms with Gasteiger partial charge in [0.25, 0.3) is 0 Å². The van der Waals surface area contributed by atoms with E-state index in [1.165, 1.54) is 29.2 Å². The number of anilines is 1. The van der Waals surface area contributed by atoms with Crippen molar-refractivity contribution >= 4 is 21.6 Å². The van der Waals surface area contributed by atoms with Gasteiger partial charge in [-0.25, -0.2) is 27.9 Å². The molecule has 0 spiro atoms. The summed E-state index contributed by atoms with van der Waals surface area (Å²) in [4.78, 5) is 19.5. The molecule has 2 aromatic heterocycles. The van der Waals surface area contributed by atoms with Gasteiger partial charge in [-0.15, -0.1) is 5.10 Å². The smallest absolute Gasteiger partial charge is 0.439 e. The Balaban J connectivity index is 1.67. The number of sulfone groups is 1.